The van der Waals surface area contributed by atoms with Gasteiger partial charge in [0.1, 0.15) is 22.2 Å². The number of aryl methyl sites for hydroxylation is 3. The van der Waals surface area contributed by atoms with Gasteiger partial charge in [-0.15, -0.1) is 21.5 Å². The number of carbonyl (C=O) groups excluding carboxylic acids is 1. The number of thiophene rings is 1. The van der Waals surface area contributed by atoms with Crippen molar-refractivity contribution in [2.24, 2.45) is 0 Å². The lowest BCUT2D eigenvalue weighted by atomic mass is 9.97. The molecule has 1 amide bonds. The van der Waals surface area contributed by atoms with Gasteiger partial charge in [0.25, 0.3) is 5.56 Å². The summed E-state index contributed by atoms with van der Waals surface area (Å²) in [6.07, 6.45) is 4.17. The van der Waals surface area contributed by atoms with Crippen LogP contribution in [0.4, 0.5) is 5.13 Å². The predicted molar refractivity (Wildman–Crippen MR) is 111 cm³/mol. The smallest absolute Gasteiger partial charge is 0.263 e. The summed E-state index contributed by atoms with van der Waals surface area (Å²) in [5.41, 5.74) is 1.01. The highest BCUT2D eigenvalue weighted by Crippen LogP contribution is 2.33. The van der Waals surface area contributed by atoms with Crippen LogP contribution in [0.3, 0.4) is 0 Å². The summed E-state index contributed by atoms with van der Waals surface area (Å²) >= 11 is 2.93. The molecule has 0 spiro atoms. The van der Waals surface area contributed by atoms with Crippen LogP contribution in [0, 0.1) is 6.92 Å². The topological polar surface area (TPSA) is 93.0 Å². The molecule has 0 saturated heterocycles. The molecule has 1 aliphatic rings. The number of anilines is 1. The van der Waals surface area contributed by atoms with Gasteiger partial charge >= 0.3 is 0 Å². The van der Waals surface area contributed by atoms with Crippen LogP contribution in [0.2, 0.25) is 0 Å². The second kappa shape index (κ2) is 7.69. The molecule has 10 heteroatoms. The summed E-state index contributed by atoms with van der Waals surface area (Å²) in [5, 5.41) is 12.5. The fraction of sp³-hybridized carbons (Fsp3) is 0.500. The van der Waals surface area contributed by atoms with E-state index in [-0.39, 0.29) is 18.0 Å². The minimum atomic E-state index is -0.302. The van der Waals surface area contributed by atoms with Crippen LogP contribution in [0.1, 0.15) is 34.1 Å². The van der Waals surface area contributed by atoms with E-state index in [1.54, 1.807) is 11.3 Å². The summed E-state index contributed by atoms with van der Waals surface area (Å²) in [4.78, 5) is 34.7. The third-order valence-electron chi connectivity index (χ3n) is 4.69. The zero-order valence-corrected chi connectivity index (χ0v) is 17.7. The number of nitrogens with zero attached hydrogens (tertiary/aromatic N) is 5. The van der Waals surface area contributed by atoms with E-state index in [0.29, 0.717) is 22.9 Å². The van der Waals surface area contributed by atoms with E-state index in [1.165, 1.54) is 20.8 Å². The minimum absolute atomic E-state index is 0.0891. The van der Waals surface area contributed by atoms with Crippen molar-refractivity contribution >= 4 is 43.9 Å². The monoisotopic (exact) mass is 418 g/mol. The standard InChI is InChI=1S/C18H22N6O2S2/c1-10-21-22-18(27-10)20-14(25)9-24-13(8-23(2)3)19-16-15(17(24)26)11-6-4-5-7-12(11)28-16/h4-9H2,1-3H3,(H,20,22,25). The van der Waals surface area contributed by atoms with Crippen LogP contribution in [0.15, 0.2) is 4.79 Å². The van der Waals surface area contributed by atoms with Gasteiger partial charge < -0.3 is 4.90 Å². The van der Waals surface area contributed by atoms with Crippen molar-refractivity contribution in [2.45, 2.75) is 45.7 Å². The third-order valence-corrected chi connectivity index (χ3v) is 6.63. The van der Waals surface area contributed by atoms with E-state index < -0.39 is 0 Å². The maximum atomic E-state index is 13.4. The minimum Gasteiger partial charge on any atom is -0.302 e. The number of fused-ring (bicyclic) bond motifs is 3. The van der Waals surface area contributed by atoms with Gasteiger partial charge in [-0.2, -0.15) is 0 Å². The molecule has 3 heterocycles. The lowest BCUT2D eigenvalue weighted by Gasteiger charge is -2.16. The lowest BCUT2D eigenvalue weighted by molar-refractivity contribution is -0.116. The van der Waals surface area contributed by atoms with Gasteiger partial charge in [-0.25, -0.2) is 4.98 Å². The molecule has 1 N–H and O–H groups in total. The van der Waals surface area contributed by atoms with Gasteiger partial charge in [0.15, 0.2) is 0 Å². The lowest BCUT2D eigenvalue weighted by Crippen LogP contribution is -2.33. The molecular formula is C18H22N6O2S2. The number of aromatic nitrogens is 4. The van der Waals surface area contributed by atoms with Crippen LogP contribution >= 0.6 is 22.7 Å². The zero-order chi connectivity index (χ0) is 19.8. The van der Waals surface area contributed by atoms with Crippen molar-refractivity contribution in [1.29, 1.82) is 0 Å². The maximum absolute atomic E-state index is 13.4. The SMILES string of the molecule is Cc1nnc(NC(=O)Cn2c(CN(C)C)nc3sc4c(c3c2=O)CCCC4)s1. The van der Waals surface area contributed by atoms with E-state index in [4.69, 9.17) is 4.98 Å². The summed E-state index contributed by atoms with van der Waals surface area (Å²) in [6.45, 7) is 2.22. The highest BCUT2D eigenvalue weighted by molar-refractivity contribution is 7.18. The molecule has 1 aliphatic carbocycles. The Morgan fingerprint density at radius 1 is 1.21 bits per heavy atom. The highest BCUT2D eigenvalue weighted by atomic mass is 32.1. The van der Waals surface area contributed by atoms with Crippen molar-refractivity contribution in [3.05, 3.63) is 31.6 Å². The van der Waals surface area contributed by atoms with Gasteiger partial charge in [0.2, 0.25) is 11.0 Å². The van der Waals surface area contributed by atoms with Crippen molar-refractivity contribution < 1.29 is 4.79 Å². The van der Waals surface area contributed by atoms with E-state index in [9.17, 15) is 9.59 Å². The molecule has 0 aromatic carbocycles. The van der Waals surface area contributed by atoms with Gasteiger partial charge in [-0.1, -0.05) is 11.3 Å². The quantitative estimate of drug-likeness (QED) is 0.683. The van der Waals surface area contributed by atoms with Gasteiger partial charge in [-0.05, 0) is 52.3 Å². The molecule has 3 aromatic rings. The van der Waals surface area contributed by atoms with Crippen LogP contribution in [-0.2, 0) is 30.7 Å². The first-order valence-corrected chi connectivity index (χ1v) is 10.8. The second-order valence-corrected chi connectivity index (χ2v) is 9.49. The zero-order valence-electron chi connectivity index (χ0n) is 16.1. The fourth-order valence-corrected chi connectivity index (χ4v) is 5.38. The van der Waals surface area contributed by atoms with Gasteiger partial charge in [-0.3, -0.25) is 19.5 Å². The summed E-state index contributed by atoms with van der Waals surface area (Å²) < 4.78 is 1.51. The Balaban J connectivity index is 1.74. The third kappa shape index (κ3) is 3.71. The van der Waals surface area contributed by atoms with Crippen LogP contribution in [0.25, 0.3) is 10.2 Å². The Bertz CT molecular complexity index is 1100. The van der Waals surface area contributed by atoms with Crippen molar-refractivity contribution in [3.63, 3.8) is 0 Å². The Hall–Kier alpha value is -2.17. The number of hydrogen-bond donors (Lipinski definition) is 1. The van der Waals surface area contributed by atoms with E-state index in [0.717, 1.165) is 41.1 Å². The van der Waals surface area contributed by atoms with Crippen LogP contribution in [0.5, 0.6) is 0 Å². The first-order chi connectivity index (χ1) is 13.4. The number of nitrogens with one attached hydrogen (secondary N) is 1. The molecule has 0 unspecified atom stereocenters. The van der Waals surface area contributed by atoms with Gasteiger partial charge in [0.05, 0.1) is 11.9 Å². The number of rotatable bonds is 5. The molecule has 3 aromatic heterocycles. The van der Waals surface area contributed by atoms with Crippen LogP contribution < -0.4 is 10.9 Å². The average Bonchev–Trinajstić information content (AvgIpc) is 3.20. The molecule has 0 atom stereocenters. The van der Waals surface area contributed by atoms with Crippen molar-refractivity contribution in [1.82, 2.24) is 24.6 Å². The number of amides is 1. The molecule has 0 bridgehead atoms. The first-order valence-electron chi connectivity index (χ1n) is 9.21. The summed E-state index contributed by atoms with van der Waals surface area (Å²) in [5.74, 6) is 0.299. The average molecular weight is 419 g/mol. The first kappa shape index (κ1) is 19.2. The normalized spacial score (nSPS) is 13.9. The van der Waals surface area contributed by atoms with E-state index in [2.05, 4.69) is 15.5 Å². The molecule has 28 heavy (non-hydrogen) atoms. The predicted octanol–water partition coefficient (Wildman–Crippen LogP) is 2.20. The number of hydrogen-bond acceptors (Lipinski definition) is 8. The van der Waals surface area contributed by atoms with Crippen molar-refractivity contribution in [2.75, 3.05) is 19.4 Å². The molecule has 0 radical (unpaired) electrons. The Morgan fingerprint density at radius 2 is 2.00 bits per heavy atom. The number of carbonyl (C=O) groups is 1. The van der Waals surface area contributed by atoms with Crippen LogP contribution in [-0.4, -0.2) is 44.7 Å². The molecule has 148 valence electrons. The molecule has 0 saturated carbocycles. The van der Waals surface area contributed by atoms with E-state index in [1.807, 2.05) is 25.9 Å². The summed E-state index contributed by atoms with van der Waals surface area (Å²) in [7, 11) is 3.84. The summed E-state index contributed by atoms with van der Waals surface area (Å²) in [6, 6.07) is 0. The largest absolute Gasteiger partial charge is 0.302 e. The highest BCUT2D eigenvalue weighted by Gasteiger charge is 2.23. The Kier molecular flexibility index (Phi) is 5.26. The van der Waals surface area contributed by atoms with Crippen molar-refractivity contribution in [3.8, 4) is 0 Å². The molecule has 4 rings (SSSR count). The second-order valence-electron chi connectivity index (χ2n) is 7.22. The molecular weight excluding hydrogens is 396 g/mol. The molecule has 0 aliphatic heterocycles. The molecule has 8 nitrogen and oxygen atoms in total. The van der Waals surface area contributed by atoms with Gasteiger partial charge in [0, 0.05) is 4.88 Å². The maximum Gasteiger partial charge on any atom is 0.263 e. The molecule has 0 fully saturated rings. The Labute approximate surface area is 170 Å². The Morgan fingerprint density at radius 3 is 2.71 bits per heavy atom. The fourth-order valence-electron chi connectivity index (χ4n) is 3.50. The van der Waals surface area contributed by atoms with E-state index >= 15 is 0 Å².